The standard InChI is InChI=1S/C17H21F3O3/c1-2-3-7-14(21)10-12(11-16(22)23)9-13-6-4-5-8-15(13)17(18,19)20/h2,4-6,8,12,16,22-23H,1,3,7,9-11H2/t12-/m1/s1. The van der Waals surface area contributed by atoms with Crippen molar-refractivity contribution < 1.29 is 28.2 Å². The van der Waals surface area contributed by atoms with Gasteiger partial charge in [-0.1, -0.05) is 24.3 Å². The van der Waals surface area contributed by atoms with Gasteiger partial charge in [-0.25, -0.2) is 0 Å². The number of ketones is 1. The van der Waals surface area contributed by atoms with Gasteiger partial charge in [0.1, 0.15) is 5.78 Å². The van der Waals surface area contributed by atoms with Crippen LogP contribution in [0.5, 0.6) is 0 Å². The van der Waals surface area contributed by atoms with Gasteiger partial charge >= 0.3 is 6.18 Å². The lowest BCUT2D eigenvalue weighted by molar-refractivity contribution is -0.138. The Balaban J connectivity index is 2.89. The number of aliphatic hydroxyl groups is 2. The Morgan fingerprint density at radius 2 is 1.91 bits per heavy atom. The van der Waals surface area contributed by atoms with E-state index in [0.717, 1.165) is 6.07 Å². The summed E-state index contributed by atoms with van der Waals surface area (Å²) in [5, 5.41) is 18.2. The van der Waals surface area contributed by atoms with Crippen LogP contribution >= 0.6 is 0 Å². The van der Waals surface area contributed by atoms with Gasteiger partial charge in [-0.3, -0.25) is 4.79 Å². The molecule has 0 unspecified atom stereocenters. The van der Waals surface area contributed by atoms with Crippen LogP contribution in [-0.2, 0) is 17.4 Å². The Labute approximate surface area is 133 Å². The predicted octanol–water partition coefficient (Wildman–Crippen LogP) is 3.49. The molecule has 128 valence electrons. The van der Waals surface area contributed by atoms with Crippen molar-refractivity contribution in [2.75, 3.05) is 0 Å². The SMILES string of the molecule is C=CCCC(=O)C[C@@H](Cc1ccccc1C(F)(F)F)CC(O)O. The van der Waals surface area contributed by atoms with E-state index in [1.807, 2.05) is 0 Å². The van der Waals surface area contributed by atoms with Gasteiger partial charge < -0.3 is 10.2 Å². The highest BCUT2D eigenvalue weighted by molar-refractivity contribution is 5.78. The molecule has 0 saturated heterocycles. The molecule has 1 atom stereocenters. The Bertz CT molecular complexity index is 524. The second-order valence-electron chi connectivity index (χ2n) is 5.51. The molecular weight excluding hydrogens is 309 g/mol. The van der Waals surface area contributed by atoms with Crippen LogP contribution in [0.2, 0.25) is 0 Å². The van der Waals surface area contributed by atoms with Crippen molar-refractivity contribution >= 4 is 5.78 Å². The first-order valence-electron chi connectivity index (χ1n) is 7.37. The molecule has 0 aromatic heterocycles. The molecule has 0 saturated carbocycles. The van der Waals surface area contributed by atoms with Gasteiger partial charge in [-0.15, -0.1) is 6.58 Å². The molecule has 1 aromatic rings. The zero-order chi connectivity index (χ0) is 17.5. The number of hydrogen-bond acceptors (Lipinski definition) is 3. The maximum Gasteiger partial charge on any atom is 0.416 e. The number of rotatable bonds is 9. The first kappa shape index (κ1) is 19.4. The molecule has 23 heavy (non-hydrogen) atoms. The molecule has 0 radical (unpaired) electrons. The molecule has 0 fully saturated rings. The van der Waals surface area contributed by atoms with E-state index >= 15 is 0 Å². The van der Waals surface area contributed by atoms with E-state index in [0.29, 0.717) is 6.42 Å². The number of carbonyl (C=O) groups is 1. The monoisotopic (exact) mass is 330 g/mol. The van der Waals surface area contributed by atoms with E-state index in [1.54, 1.807) is 6.08 Å². The molecule has 0 bridgehead atoms. The molecule has 2 N–H and O–H groups in total. The summed E-state index contributed by atoms with van der Waals surface area (Å²) in [6.07, 6.45) is -3.98. The van der Waals surface area contributed by atoms with E-state index in [1.165, 1.54) is 18.2 Å². The third-order valence-electron chi connectivity index (χ3n) is 3.52. The van der Waals surface area contributed by atoms with Crippen molar-refractivity contribution in [3.05, 3.63) is 48.0 Å². The van der Waals surface area contributed by atoms with Crippen molar-refractivity contribution in [3.63, 3.8) is 0 Å². The molecular formula is C17H21F3O3. The van der Waals surface area contributed by atoms with Gasteiger partial charge in [-0.2, -0.15) is 13.2 Å². The number of hydrogen-bond donors (Lipinski definition) is 2. The maximum absolute atomic E-state index is 13.0. The predicted molar refractivity (Wildman–Crippen MR) is 80.5 cm³/mol. The van der Waals surface area contributed by atoms with Gasteiger partial charge in [0.15, 0.2) is 6.29 Å². The van der Waals surface area contributed by atoms with Gasteiger partial charge in [0.2, 0.25) is 0 Å². The average Bonchev–Trinajstić information content (AvgIpc) is 2.43. The maximum atomic E-state index is 13.0. The number of benzene rings is 1. The van der Waals surface area contributed by atoms with Crippen molar-refractivity contribution in [3.8, 4) is 0 Å². The summed E-state index contributed by atoms with van der Waals surface area (Å²) in [6, 6.07) is 5.14. The number of halogens is 3. The summed E-state index contributed by atoms with van der Waals surface area (Å²) in [6.45, 7) is 3.51. The lowest BCUT2D eigenvalue weighted by atomic mass is 9.88. The average molecular weight is 330 g/mol. The molecule has 0 aliphatic heterocycles. The topological polar surface area (TPSA) is 57.5 Å². The minimum absolute atomic E-state index is 0.0116. The first-order valence-corrected chi connectivity index (χ1v) is 7.37. The van der Waals surface area contributed by atoms with Gasteiger partial charge in [-0.05, 0) is 30.4 Å². The van der Waals surface area contributed by atoms with Crippen LogP contribution in [0, 0.1) is 5.92 Å². The van der Waals surface area contributed by atoms with Crippen LogP contribution in [-0.4, -0.2) is 22.3 Å². The number of allylic oxidation sites excluding steroid dienone is 1. The molecule has 6 heteroatoms. The Kier molecular flexibility index (Phi) is 7.45. The summed E-state index contributed by atoms with van der Waals surface area (Å²) in [5.41, 5.74) is -0.696. The van der Waals surface area contributed by atoms with Crippen molar-refractivity contribution in [1.82, 2.24) is 0 Å². The quantitative estimate of drug-likeness (QED) is 0.538. The fourth-order valence-electron chi connectivity index (χ4n) is 2.51. The Morgan fingerprint density at radius 1 is 1.26 bits per heavy atom. The highest BCUT2D eigenvalue weighted by atomic mass is 19.4. The van der Waals surface area contributed by atoms with E-state index in [2.05, 4.69) is 6.58 Å². The number of Topliss-reactive ketones (excluding diaryl/α,β-unsaturated/α-hetero) is 1. The first-order chi connectivity index (χ1) is 10.7. The van der Waals surface area contributed by atoms with E-state index < -0.39 is 23.9 Å². The van der Waals surface area contributed by atoms with E-state index in [9.17, 15) is 18.0 Å². The van der Waals surface area contributed by atoms with Crippen molar-refractivity contribution in [2.45, 2.75) is 44.6 Å². The molecule has 3 nitrogen and oxygen atoms in total. The third kappa shape index (κ3) is 6.97. The molecule has 0 aliphatic rings. The third-order valence-corrected chi connectivity index (χ3v) is 3.52. The van der Waals surface area contributed by atoms with Crippen LogP contribution in [0.1, 0.15) is 36.8 Å². The highest BCUT2D eigenvalue weighted by Crippen LogP contribution is 2.33. The molecule has 1 aromatic carbocycles. The fourth-order valence-corrected chi connectivity index (χ4v) is 2.51. The molecule has 0 spiro atoms. The zero-order valence-electron chi connectivity index (χ0n) is 12.7. The molecule has 0 aliphatic carbocycles. The summed E-state index contributed by atoms with van der Waals surface area (Å²) < 4.78 is 39.0. The van der Waals surface area contributed by atoms with E-state index in [-0.39, 0.29) is 37.0 Å². The number of carbonyl (C=O) groups excluding carboxylic acids is 1. The van der Waals surface area contributed by atoms with Crippen LogP contribution in [0.25, 0.3) is 0 Å². The lowest BCUT2D eigenvalue weighted by Crippen LogP contribution is -2.20. The summed E-state index contributed by atoms with van der Waals surface area (Å²) in [5.74, 6) is -0.684. The second-order valence-corrected chi connectivity index (χ2v) is 5.51. The largest absolute Gasteiger partial charge is 0.416 e. The minimum atomic E-state index is -4.48. The summed E-state index contributed by atoms with van der Waals surface area (Å²) in [7, 11) is 0. The van der Waals surface area contributed by atoms with Crippen LogP contribution in [0.4, 0.5) is 13.2 Å². The lowest BCUT2D eigenvalue weighted by Gasteiger charge is -2.20. The van der Waals surface area contributed by atoms with Crippen molar-refractivity contribution in [1.29, 1.82) is 0 Å². The van der Waals surface area contributed by atoms with Crippen molar-refractivity contribution in [2.24, 2.45) is 5.92 Å². The number of alkyl halides is 3. The second kappa shape index (κ2) is 8.84. The summed E-state index contributed by atoms with van der Waals surface area (Å²) >= 11 is 0. The molecule has 0 amide bonds. The summed E-state index contributed by atoms with van der Waals surface area (Å²) in [4.78, 5) is 11.8. The normalized spacial score (nSPS) is 13.1. The highest BCUT2D eigenvalue weighted by Gasteiger charge is 2.33. The van der Waals surface area contributed by atoms with Gasteiger partial charge in [0, 0.05) is 19.3 Å². The molecule has 0 heterocycles. The van der Waals surface area contributed by atoms with Crippen LogP contribution in [0.3, 0.4) is 0 Å². The fraction of sp³-hybridized carbons (Fsp3) is 0.471. The Morgan fingerprint density at radius 3 is 2.48 bits per heavy atom. The van der Waals surface area contributed by atoms with Gasteiger partial charge in [0.25, 0.3) is 0 Å². The van der Waals surface area contributed by atoms with E-state index in [4.69, 9.17) is 10.2 Å². The number of aliphatic hydroxyl groups excluding tert-OH is 1. The molecule has 1 rings (SSSR count). The van der Waals surface area contributed by atoms with Crippen LogP contribution < -0.4 is 0 Å². The smallest absolute Gasteiger partial charge is 0.368 e. The van der Waals surface area contributed by atoms with Crippen LogP contribution in [0.15, 0.2) is 36.9 Å². The van der Waals surface area contributed by atoms with Gasteiger partial charge in [0.05, 0.1) is 5.56 Å². The Hall–Kier alpha value is -1.66. The minimum Gasteiger partial charge on any atom is -0.368 e. The zero-order valence-corrected chi connectivity index (χ0v) is 12.7.